The van der Waals surface area contributed by atoms with Crippen LogP contribution in [0, 0.1) is 12.7 Å². The van der Waals surface area contributed by atoms with E-state index in [9.17, 15) is 4.39 Å². The van der Waals surface area contributed by atoms with Crippen molar-refractivity contribution in [3.8, 4) is 17.2 Å². The van der Waals surface area contributed by atoms with Crippen LogP contribution in [0.25, 0.3) is 0 Å². The summed E-state index contributed by atoms with van der Waals surface area (Å²) in [5.74, 6) is 2.37. The first-order valence-corrected chi connectivity index (χ1v) is 8.50. The number of rotatable bonds is 7. The molecule has 0 atom stereocenters. The van der Waals surface area contributed by atoms with Gasteiger partial charge in [0.05, 0.1) is 33.4 Å². The number of nitrogens with zero attached hydrogens (tertiary/aromatic N) is 1. The van der Waals surface area contributed by atoms with Crippen LogP contribution in [0.3, 0.4) is 0 Å². The minimum absolute atomic E-state index is 0. The molecule has 2 rings (SSSR count). The van der Waals surface area contributed by atoms with Crippen molar-refractivity contribution in [2.75, 3.05) is 28.4 Å². The molecule has 0 aliphatic heterocycles. The Balaban J connectivity index is 0.00000392. The first kappa shape index (κ1) is 23.8. The standard InChI is InChI=1S/C20H26FN3O3.HI/c1-13-8-14(6-7-17(13)21)11-23-20(22-2)24-12-16-18(26-4)9-15(25-3)10-19(16)27-5;/h6-10H,11-12H2,1-5H3,(H2,22,23,24);1H. The van der Waals surface area contributed by atoms with Crippen LogP contribution < -0.4 is 24.8 Å². The lowest BCUT2D eigenvalue weighted by molar-refractivity contribution is 0.368. The number of ether oxygens (including phenoxy) is 3. The predicted octanol–water partition coefficient (Wildman–Crippen LogP) is 3.64. The number of benzene rings is 2. The molecule has 0 bridgehead atoms. The number of hydrogen-bond donors (Lipinski definition) is 2. The van der Waals surface area contributed by atoms with E-state index in [1.54, 1.807) is 53.5 Å². The first-order valence-electron chi connectivity index (χ1n) is 8.50. The maximum atomic E-state index is 13.4. The normalized spacial score (nSPS) is 10.7. The quantitative estimate of drug-likeness (QED) is 0.343. The molecule has 0 saturated heterocycles. The summed E-state index contributed by atoms with van der Waals surface area (Å²) in [4.78, 5) is 4.22. The fraction of sp³-hybridized carbons (Fsp3) is 0.350. The van der Waals surface area contributed by atoms with Crippen molar-refractivity contribution in [3.05, 3.63) is 52.8 Å². The van der Waals surface area contributed by atoms with Gasteiger partial charge in [0.2, 0.25) is 0 Å². The molecule has 0 saturated carbocycles. The highest BCUT2D eigenvalue weighted by Gasteiger charge is 2.13. The van der Waals surface area contributed by atoms with Crippen LogP contribution in [0.4, 0.5) is 4.39 Å². The molecule has 2 aromatic carbocycles. The van der Waals surface area contributed by atoms with Gasteiger partial charge in [-0.3, -0.25) is 4.99 Å². The van der Waals surface area contributed by atoms with Crippen LogP contribution >= 0.6 is 24.0 Å². The summed E-state index contributed by atoms with van der Waals surface area (Å²) in [5, 5.41) is 6.44. The Hall–Kier alpha value is -2.23. The molecule has 2 aromatic rings. The number of guanidine groups is 1. The molecule has 0 amide bonds. The van der Waals surface area contributed by atoms with Gasteiger partial charge >= 0.3 is 0 Å². The minimum atomic E-state index is -0.208. The van der Waals surface area contributed by atoms with E-state index >= 15 is 0 Å². The molecule has 0 fully saturated rings. The average Bonchev–Trinajstić information content (AvgIpc) is 2.70. The summed E-state index contributed by atoms with van der Waals surface area (Å²) >= 11 is 0. The van der Waals surface area contributed by atoms with Gasteiger partial charge in [0, 0.05) is 25.7 Å². The summed E-state index contributed by atoms with van der Waals surface area (Å²) in [6.07, 6.45) is 0. The number of nitrogens with one attached hydrogen (secondary N) is 2. The van der Waals surface area contributed by atoms with E-state index in [1.807, 2.05) is 6.07 Å². The van der Waals surface area contributed by atoms with E-state index in [4.69, 9.17) is 14.2 Å². The zero-order valence-corrected chi connectivity index (χ0v) is 19.1. The summed E-state index contributed by atoms with van der Waals surface area (Å²) in [7, 11) is 6.48. The predicted molar refractivity (Wildman–Crippen MR) is 120 cm³/mol. The molecular formula is C20H27FIN3O3. The van der Waals surface area contributed by atoms with E-state index < -0.39 is 0 Å². The lowest BCUT2D eigenvalue weighted by Crippen LogP contribution is -2.36. The highest BCUT2D eigenvalue weighted by Crippen LogP contribution is 2.33. The fourth-order valence-corrected chi connectivity index (χ4v) is 2.65. The van der Waals surface area contributed by atoms with Crippen molar-refractivity contribution in [1.82, 2.24) is 10.6 Å². The van der Waals surface area contributed by atoms with Crippen molar-refractivity contribution in [2.45, 2.75) is 20.0 Å². The Morgan fingerprint density at radius 1 is 0.964 bits per heavy atom. The third-order valence-corrected chi connectivity index (χ3v) is 4.16. The molecule has 0 aliphatic rings. The van der Waals surface area contributed by atoms with E-state index in [2.05, 4.69) is 15.6 Å². The molecule has 0 radical (unpaired) electrons. The average molecular weight is 503 g/mol. The second kappa shape index (κ2) is 11.6. The molecule has 6 nitrogen and oxygen atoms in total. The lowest BCUT2D eigenvalue weighted by Gasteiger charge is -2.17. The second-order valence-electron chi connectivity index (χ2n) is 5.87. The van der Waals surface area contributed by atoms with Crippen LogP contribution in [-0.4, -0.2) is 34.3 Å². The largest absolute Gasteiger partial charge is 0.496 e. The molecule has 154 valence electrons. The van der Waals surface area contributed by atoms with Gasteiger partial charge in [0.15, 0.2) is 5.96 Å². The Bertz CT molecular complexity index is 790. The number of hydrogen-bond acceptors (Lipinski definition) is 4. The SMILES string of the molecule is CN=C(NCc1ccc(F)c(C)c1)NCc1c(OC)cc(OC)cc1OC.I. The van der Waals surface area contributed by atoms with Gasteiger partial charge in [-0.1, -0.05) is 12.1 Å². The van der Waals surface area contributed by atoms with Crippen LogP contribution in [0.2, 0.25) is 0 Å². The number of halogens is 2. The molecule has 28 heavy (non-hydrogen) atoms. The van der Waals surface area contributed by atoms with Crippen molar-refractivity contribution in [2.24, 2.45) is 4.99 Å². The minimum Gasteiger partial charge on any atom is -0.496 e. The monoisotopic (exact) mass is 503 g/mol. The number of aliphatic imine (C=N–C) groups is 1. The van der Waals surface area contributed by atoms with Crippen LogP contribution in [0.5, 0.6) is 17.2 Å². The first-order chi connectivity index (χ1) is 13.0. The maximum Gasteiger partial charge on any atom is 0.191 e. The van der Waals surface area contributed by atoms with Crippen LogP contribution in [0.15, 0.2) is 35.3 Å². The molecule has 0 aliphatic carbocycles. The van der Waals surface area contributed by atoms with Crippen LogP contribution in [-0.2, 0) is 13.1 Å². The van der Waals surface area contributed by atoms with Crippen molar-refractivity contribution in [3.63, 3.8) is 0 Å². The topological polar surface area (TPSA) is 64.1 Å². The zero-order valence-electron chi connectivity index (χ0n) is 16.8. The molecule has 0 spiro atoms. The summed E-state index contributed by atoms with van der Waals surface area (Å²) in [6, 6.07) is 8.63. The molecule has 2 N–H and O–H groups in total. The highest BCUT2D eigenvalue weighted by molar-refractivity contribution is 14.0. The van der Waals surface area contributed by atoms with Gasteiger partial charge in [0.25, 0.3) is 0 Å². The van der Waals surface area contributed by atoms with Gasteiger partial charge in [-0.05, 0) is 24.1 Å². The zero-order chi connectivity index (χ0) is 19.8. The van der Waals surface area contributed by atoms with Gasteiger partial charge in [-0.2, -0.15) is 0 Å². The third-order valence-electron chi connectivity index (χ3n) is 4.16. The molecule has 8 heteroatoms. The molecule has 0 aromatic heterocycles. The number of methoxy groups -OCH3 is 3. The van der Waals surface area contributed by atoms with E-state index in [1.165, 1.54) is 6.07 Å². The van der Waals surface area contributed by atoms with Crippen LogP contribution in [0.1, 0.15) is 16.7 Å². The van der Waals surface area contributed by atoms with Crippen molar-refractivity contribution >= 4 is 29.9 Å². The smallest absolute Gasteiger partial charge is 0.191 e. The lowest BCUT2D eigenvalue weighted by atomic mass is 10.1. The van der Waals surface area contributed by atoms with Gasteiger partial charge < -0.3 is 24.8 Å². The number of aryl methyl sites for hydroxylation is 1. The summed E-state index contributed by atoms with van der Waals surface area (Å²) < 4.78 is 29.6. The van der Waals surface area contributed by atoms with Crippen molar-refractivity contribution in [1.29, 1.82) is 0 Å². The van der Waals surface area contributed by atoms with E-state index in [0.717, 1.165) is 11.1 Å². The van der Waals surface area contributed by atoms with Gasteiger partial charge in [-0.15, -0.1) is 24.0 Å². The maximum absolute atomic E-state index is 13.4. The Kier molecular flexibility index (Phi) is 9.84. The highest BCUT2D eigenvalue weighted by atomic mass is 127. The fourth-order valence-electron chi connectivity index (χ4n) is 2.65. The molecular weight excluding hydrogens is 476 g/mol. The van der Waals surface area contributed by atoms with E-state index in [0.29, 0.717) is 41.9 Å². The third kappa shape index (κ3) is 6.15. The van der Waals surface area contributed by atoms with Crippen molar-refractivity contribution < 1.29 is 18.6 Å². The molecule has 0 unspecified atom stereocenters. The summed E-state index contributed by atoms with van der Waals surface area (Å²) in [5.41, 5.74) is 2.43. The molecule has 0 heterocycles. The second-order valence-corrected chi connectivity index (χ2v) is 5.87. The summed E-state index contributed by atoms with van der Waals surface area (Å²) in [6.45, 7) is 2.71. The van der Waals surface area contributed by atoms with Gasteiger partial charge in [0.1, 0.15) is 23.1 Å². The Morgan fingerprint density at radius 2 is 1.57 bits per heavy atom. The Labute approximate surface area is 182 Å². The van der Waals surface area contributed by atoms with E-state index in [-0.39, 0.29) is 29.8 Å². The Morgan fingerprint density at radius 3 is 2.07 bits per heavy atom. The van der Waals surface area contributed by atoms with Gasteiger partial charge in [-0.25, -0.2) is 4.39 Å².